The lowest BCUT2D eigenvalue weighted by molar-refractivity contribution is 0.0939. The van der Waals surface area contributed by atoms with Crippen LogP contribution in [0.5, 0.6) is 0 Å². The minimum Gasteiger partial charge on any atom is -0.349 e. The SMILES string of the molecule is CCn1nc(C(C)C)cc1C(=O)NCC(N)C1CC1. The zero-order valence-corrected chi connectivity index (χ0v) is 12.0. The average Bonchev–Trinajstić information content (AvgIpc) is 3.13. The molecule has 1 amide bonds. The quantitative estimate of drug-likeness (QED) is 0.817. The summed E-state index contributed by atoms with van der Waals surface area (Å²) in [6.07, 6.45) is 2.39. The Kier molecular flexibility index (Phi) is 4.24. The minimum atomic E-state index is -0.0719. The van der Waals surface area contributed by atoms with Crippen LogP contribution in [0.25, 0.3) is 0 Å². The Labute approximate surface area is 114 Å². The van der Waals surface area contributed by atoms with E-state index in [9.17, 15) is 4.79 Å². The second-order valence-corrected chi connectivity index (χ2v) is 5.64. The second kappa shape index (κ2) is 5.74. The van der Waals surface area contributed by atoms with E-state index >= 15 is 0 Å². The number of aryl methyl sites for hydroxylation is 1. The van der Waals surface area contributed by atoms with Crippen LogP contribution < -0.4 is 11.1 Å². The normalized spacial score (nSPS) is 16.7. The number of nitrogens with one attached hydrogen (secondary N) is 1. The van der Waals surface area contributed by atoms with Crippen LogP contribution in [0.2, 0.25) is 0 Å². The van der Waals surface area contributed by atoms with Crippen LogP contribution in [0.3, 0.4) is 0 Å². The summed E-state index contributed by atoms with van der Waals surface area (Å²) in [4.78, 5) is 12.2. The van der Waals surface area contributed by atoms with E-state index in [0.29, 0.717) is 30.6 Å². The van der Waals surface area contributed by atoms with Gasteiger partial charge in [-0.2, -0.15) is 5.10 Å². The van der Waals surface area contributed by atoms with Crippen molar-refractivity contribution in [3.63, 3.8) is 0 Å². The van der Waals surface area contributed by atoms with Crippen molar-refractivity contribution in [2.75, 3.05) is 6.54 Å². The number of carbonyl (C=O) groups is 1. The van der Waals surface area contributed by atoms with Crippen molar-refractivity contribution in [2.45, 2.75) is 52.1 Å². The third-order valence-corrected chi connectivity index (χ3v) is 3.65. The van der Waals surface area contributed by atoms with Gasteiger partial charge in [0.2, 0.25) is 0 Å². The molecule has 1 aliphatic carbocycles. The monoisotopic (exact) mass is 264 g/mol. The van der Waals surface area contributed by atoms with E-state index in [-0.39, 0.29) is 11.9 Å². The molecule has 106 valence electrons. The summed E-state index contributed by atoms with van der Waals surface area (Å²) in [6.45, 7) is 7.39. The highest BCUT2D eigenvalue weighted by molar-refractivity contribution is 5.92. The lowest BCUT2D eigenvalue weighted by Crippen LogP contribution is -2.39. The number of hydrogen-bond donors (Lipinski definition) is 2. The van der Waals surface area contributed by atoms with E-state index in [2.05, 4.69) is 24.3 Å². The van der Waals surface area contributed by atoms with Gasteiger partial charge in [-0.15, -0.1) is 0 Å². The molecule has 3 N–H and O–H groups in total. The van der Waals surface area contributed by atoms with E-state index in [1.54, 1.807) is 4.68 Å². The van der Waals surface area contributed by atoms with Gasteiger partial charge in [-0.25, -0.2) is 0 Å². The topological polar surface area (TPSA) is 72.9 Å². The van der Waals surface area contributed by atoms with Gasteiger partial charge in [0.1, 0.15) is 5.69 Å². The van der Waals surface area contributed by atoms with Crippen LogP contribution in [0, 0.1) is 5.92 Å². The molecule has 0 aliphatic heterocycles. The fourth-order valence-electron chi connectivity index (χ4n) is 2.13. The molecular weight excluding hydrogens is 240 g/mol. The van der Waals surface area contributed by atoms with Crippen molar-refractivity contribution >= 4 is 5.91 Å². The van der Waals surface area contributed by atoms with E-state index < -0.39 is 0 Å². The van der Waals surface area contributed by atoms with Crippen LogP contribution >= 0.6 is 0 Å². The van der Waals surface area contributed by atoms with Crippen LogP contribution in [-0.4, -0.2) is 28.3 Å². The minimum absolute atomic E-state index is 0.0719. The first kappa shape index (κ1) is 14.1. The highest BCUT2D eigenvalue weighted by Gasteiger charge is 2.28. The zero-order valence-electron chi connectivity index (χ0n) is 12.0. The Balaban J connectivity index is 2.00. The van der Waals surface area contributed by atoms with Gasteiger partial charge in [0.15, 0.2) is 0 Å². The summed E-state index contributed by atoms with van der Waals surface area (Å²) in [5, 5.41) is 7.37. The molecule has 0 aromatic carbocycles. The van der Waals surface area contributed by atoms with E-state index in [1.165, 1.54) is 12.8 Å². The molecule has 1 aromatic rings. The summed E-state index contributed by atoms with van der Waals surface area (Å²) in [6, 6.07) is 1.97. The molecule has 0 saturated heterocycles. The maximum absolute atomic E-state index is 12.2. The first-order valence-corrected chi connectivity index (χ1v) is 7.14. The number of aromatic nitrogens is 2. The number of rotatable bonds is 6. The van der Waals surface area contributed by atoms with Gasteiger partial charge in [0, 0.05) is 19.1 Å². The third kappa shape index (κ3) is 3.35. The molecule has 1 aromatic heterocycles. The van der Waals surface area contributed by atoms with Gasteiger partial charge in [-0.3, -0.25) is 9.48 Å². The molecule has 1 saturated carbocycles. The Bertz CT molecular complexity index is 448. The number of hydrogen-bond acceptors (Lipinski definition) is 3. The lowest BCUT2D eigenvalue weighted by atomic mass is 10.1. The molecule has 5 nitrogen and oxygen atoms in total. The molecule has 2 rings (SSSR count). The Morgan fingerprint density at radius 1 is 1.58 bits per heavy atom. The van der Waals surface area contributed by atoms with Crippen molar-refractivity contribution in [2.24, 2.45) is 11.7 Å². The molecule has 0 radical (unpaired) electrons. The molecule has 5 heteroatoms. The molecule has 1 unspecified atom stereocenters. The summed E-state index contributed by atoms with van der Waals surface area (Å²) in [5.74, 6) is 0.855. The number of amides is 1. The molecule has 0 bridgehead atoms. The van der Waals surface area contributed by atoms with Gasteiger partial charge in [-0.05, 0) is 37.7 Å². The maximum atomic E-state index is 12.2. The molecule has 19 heavy (non-hydrogen) atoms. The van der Waals surface area contributed by atoms with Crippen LogP contribution in [0.1, 0.15) is 55.7 Å². The standard InChI is InChI=1S/C14H24N4O/c1-4-18-13(7-12(17-18)9(2)3)14(19)16-8-11(15)10-5-6-10/h7,9-11H,4-6,8,15H2,1-3H3,(H,16,19). The van der Waals surface area contributed by atoms with E-state index in [4.69, 9.17) is 5.73 Å². The summed E-state index contributed by atoms with van der Waals surface area (Å²) >= 11 is 0. The third-order valence-electron chi connectivity index (χ3n) is 3.65. The fraction of sp³-hybridized carbons (Fsp3) is 0.714. The van der Waals surface area contributed by atoms with Crippen molar-refractivity contribution in [1.82, 2.24) is 15.1 Å². The molecule has 0 spiro atoms. The first-order valence-electron chi connectivity index (χ1n) is 7.14. The predicted octanol–water partition coefficient (Wildman–Crippen LogP) is 1.49. The van der Waals surface area contributed by atoms with Crippen LogP contribution in [0.15, 0.2) is 6.07 Å². The predicted molar refractivity (Wildman–Crippen MR) is 75.0 cm³/mol. The van der Waals surface area contributed by atoms with E-state index in [1.807, 2.05) is 13.0 Å². The smallest absolute Gasteiger partial charge is 0.269 e. The van der Waals surface area contributed by atoms with E-state index in [0.717, 1.165) is 5.69 Å². The number of nitrogens with zero attached hydrogens (tertiary/aromatic N) is 2. The van der Waals surface area contributed by atoms with Gasteiger partial charge >= 0.3 is 0 Å². The van der Waals surface area contributed by atoms with Crippen molar-refractivity contribution < 1.29 is 4.79 Å². The second-order valence-electron chi connectivity index (χ2n) is 5.64. The molecule has 1 aliphatic rings. The largest absolute Gasteiger partial charge is 0.349 e. The van der Waals surface area contributed by atoms with Crippen molar-refractivity contribution in [1.29, 1.82) is 0 Å². The lowest BCUT2D eigenvalue weighted by Gasteiger charge is -2.11. The average molecular weight is 264 g/mol. The van der Waals surface area contributed by atoms with Gasteiger partial charge in [0.05, 0.1) is 5.69 Å². The summed E-state index contributed by atoms with van der Waals surface area (Å²) in [7, 11) is 0. The zero-order chi connectivity index (χ0) is 14.0. The molecule has 1 heterocycles. The van der Waals surface area contributed by atoms with Crippen molar-refractivity contribution in [3.05, 3.63) is 17.5 Å². The van der Waals surface area contributed by atoms with Gasteiger partial charge in [-0.1, -0.05) is 13.8 Å². The first-order chi connectivity index (χ1) is 9.02. The Morgan fingerprint density at radius 2 is 2.26 bits per heavy atom. The van der Waals surface area contributed by atoms with Crippen LogP contribution in [-0.2, 0) is 6.54 Å². The highest BCUT2D eigenvalue weighted by atomic mass is 16.2. The van der Waals surface area contributed by atoms with Gasteiger partial charge in [0.25, 0.3) is 5.91 Å². The number of carbonyl (C=O) groups excluding carboxylic acids is 1. The van der Waals surface area contributed by atoms with Crippen LogP contribution in [0.4, 0.5) is 0 Å². The maximum Gasteiger partial charge on any atom is 0.269 e. The Hall–Kier alpha value is -1.36. The highest BCUT2D eigenvalue weighted by Crippen LogP contribution is 2.31. The molecule has 1 fully saturated rings. The van der Waals surface area contributed by atoms with Crippen molar-refractivity contribution in [3.8, 4) is 0 Å². The molecule has 1 atom stereocenters. The number of nitrogens with two attached hydrogens (primary N) is 1. The fourth-order valence-corrected chi connectivity index (χ4v) is 2.13. The Morgan fingerprint density at radius 3 is 2.79 bits per heavy atom. The summed E-state index contributed by atoms with van der Waals surface area (Å²) < 4.78 is 1.76. The summed E-state index contributed by atoms with van der Waals surface area (Å²) in [5.41, 5.74) is 7.58. The van der Waals surface area contributed by atoms with Gasteiger partial charge < -0.3 is 11.1 Å². The molecular formula is C14H24N4O.